The maximum Gasteiger partial charge on any atom is 0.191 e. The van der Waals surface area contributed by atoms with Crippen LogP contribution in [-0.4, -0.2) is 63.9 Å². The summed E-state index contributed by atoms with van der Waals surface area (Å²) in [5, 5.41) is 6.74. The summed E-state index contributed by atoms with van der Waals surface area (Å²) in [5.41, 5.74) is 2.28. The SMILES string of the molecule is CCNC(=NCC(c1ccc(F)cc1)N1CCOCC1)NCCc1cccc(OC)c1. The highest BCUT2D eigenvalue weighted by molar-refractivity contribution is 5.79. The summed E-state index contributed by atoms with van der Waals surface area (Å²) in [6.07, 6.45) is 0.868. The zero-order chi connectivity index (χ0) is 21.9. The van der Waals surface area contributed by atoms with E-state index in [4.69, 9.17) is 14.5 Å². The summed E-state index contributed by atoms with van der Waals surface area (Å²) in [7, 11) is 1.68. The first-order valence-corrected chi connectivity index (χ1v) is 10.9. The molecule has 1 heterocycles. The van der Waals surface area contributed by atoms with Crippen LogP contribution in [0.2, 0.25) is 0 Å². The van der Waals surface area contributed by atoms with E-state index in [-0.39, 0.29) is 11.9 Å². The van der Waals surface area contributed by atoms with E-state index in [9.17, 15) is 4.39 Å². The number of morpholine rings is 1. The predicted molar refractivity (Wildman–Crippen MR) is 122 cm³/mol. The fourth-order valence-corrected chi connectivity index (χ4v) is 3.68. The number of hydrogen-bond acceptors (Lipinski definition) is 4. The lowest BCUT2D eigenvalue weighted by Gasteiger charge is -2.34. The number of guanidine groups is 1. The molecule has 6 nitrogen and oxygen atoms in total. The Kier molecular flexibility index (Phi) is 9.12. The van der Waals surface area contributed by atoms with E-state index in [2.05, 4.69) is 34.6 Å². The first-order chi connectivity index (χ1) is 15.2. The van der Waals surface area contributed by atoms with Gasteiger partial charge in [-0.3, -0.25) is 9.89 Å². The zero-order valence-corrected chi connectivity index (χ0v) is 18.4. The van der Waals surface area contributed by atoms with E-state index in [0.717, 1.165) is 49.9 Å². The monoisotopic (exact) mass is 428 g/mol. The normalized spacial score (nSPS) is 16.0. The van der Waals surface area contributed by atoms with Gasteiger partial charge in [-0.25, -0.2) is 4.39 Å². The number of aliphatic imine (C=N–C) groups is 1. The van der Waals surface area contributed by atoms with E-state index in [1.165, 1.54) is 17.7 Å². The van der Waals surface area contributed by atoms with Crippen LogP contribution in [0.1, 0.15) is 24.1 Å². The van der Waals surface area contributed by atoms with Crippen molar-refractivity contribution in [2.75, 3.05) is 53.0 Å². The second kappa shape index (κ2) is 12.3. The van der Waals surface area contributed by atoms with Gasteiger partial charge in [0.25, 0.3) is 0 Å². The van der Waals surface area contributed by atoms with Crippen molar-refractivity contribution in [2.45, 2.75) is 19.4 Å². The van der Waals surface area contributed by atoms with Gasteiger partial charge in [0.1, 0.15) is 11.6 Å². The van der Waals surface area contributed by atoms with Crippen LogP contribution in [0, 0.1) is 5.82 Å². The Balaban J connectivity index is 1.65. The van der Waals surface area contributed by atoms with Crippen LogP contribution in [0.4, 0.5) is 4.39 Å². The number of nitrogens with zero attached hydrogens (tertiary/aromatic N) is 2. The molecule has 7 heteroatoms. The number of benzene rings is 2. The minimum Gasteiger partial charge on any atom is -0.497 e. The van der Waals surface area contributed by atoms with Crippen molar-refractivity contribution in [1.29, 1.82) is 0 Å². The third-order valence-corrected chi connectivity index (χ3v) is 5.35. The number of nitrogens with one attached hydrogen (secondary N) is 2. The molecule has 0 saturated carbocycles. The fourth-order valence-electron chi connectivity index (χ4n) is 3.68. The maximum absolute atomic E-state index is 13.4. The second-order valence-corrected chi connectivity index (χ2v) is 7.46. The van der Waals surface area contributed by atoms with E-state index in [0.29, 0.717) is 19.8 Å². The third-order valence-electron chi connectivity index (χ3n) is 5.35. The Morgan fingerprint density at radius 2 is 1.94 bits per heavy atom. The largest absolute Gasteiger partial charge is 0.497 e. The molecule has 2 aromatic rings. The van der Waals surface area contributed by atoms with Gasteiger partial charge in [-0.1, -0.05) is 24.3 Å². The molecule has 3 rings (SSSR count). The standard InChI is InChI=1S/C24H33FN4O2/c1-3-26-24(27-12-11-19-5-4-6-22(17-19)30-2)28-18-23(29-13-15-31-16-14-29)20-7-9-21(25)10-8-20/h4-10,17,23H,3,11-16,18H2,1-2H3,(H2,26,27,28). The van der Waals surface area contributed by atoms with Crippen molar-refractivity contribution in [3.05, 3.63) is 65.5 Å². The minimum atomic E-state index is -0.222. The molecule has 0 spiro atoms. The average Bonchev–Trinajstić information content (AvgIpc) is 2.81. The van der Waals surface area contributed by atoms with Gasteiger partial charge >= 0.3 is 0 Å². The molecule has 0 aromatic heterocycles. The molecular weight excluding hydrogens is 395 g/mol. The van der Waals surface area contributed by atoms with E-state index in [1.807, 2.05) is 24.3 Å². The van der Waals surface area contributed by atoms with Crippen LogP contribution in [0.25, 0.3) is 0 Å². The van der Waals surface area contributed by atoms with Gasteiger partial charge in [0.2, 0.25) is 0 Å². The van der Waals surface area contributed by atoms with Crippen LogP contribution < -0.4 is 15.4 Å². The summed E-state index contributed by atoms with van der Waals surface area (Å²) in [6, 6.07) is 14.9. The van der Waals surface area contributed by atoms with E-state index >= 15 is 0 Å². The molecule has 0 aliphatic carbocycles. The third kappa shape index (κ3) is 7.22. The van der Waals surface area contributed by atoms with Gasteiger partial charge in [-0.05, 0) is 48.7 Å². The number of hydrogen-bond donors (Lipinski definition) is 2. The summed E-state index contributed by atoms with van der Waals surface area (Å²) >= 11 is 0. The Hall–Kier alpha value is -2.64. The minimum absolute atomic E-state index is 0.0818. The highest BCUT2D eigenvalue weighted by atomic mass is 19.1. The molecule has 168 valence electrons. The Morgan fingerprint density at radius 3 is 2.65 bits per heavy atom. The Bertz CT molecular complexity index is 823. The van der Waals surface area contributed by atoms with Crippen LogP contribution in [0.15, 0.2) is 53.5 Å². The molecule has 0 radical (unpaired) electrons. The van der Waals surface area contributed by atoms with Gasteiger partial charge in [-0.2, -0.15) is 0 Å². The lowest BCUT2D eigenvalue weighted by atomic mass is 10.0. The van der Waals surface area contributed by atoms with Crippen LogP contribution in [0.3, 0.4) is 0 Å². The lowest BCUT2D eigenvalue weighted by Crippen LogP contribution is -2.42. The topological polar surface area (TPSA) is 58.1 Å². The highest BCUT2D eigenvalue weighted by Gasteiger charge is 2.22. The number of methoxy groups -OCH3 is 1. The second-order valence-electron chi connectivity index (χ2n) is 7.46. The molecule has 2 N–H and O–H groups in total. The smallest absolute Gasteiger partial charge is 0.191 e. The molecule has 1 fully saturated rings. The highest BCUT2D eigenvalue weighted by Crippen LogP contribution is 2.22. The molecule has 1 saturated heterocycles. The molecule has 0 bridgehead atoms. The van der Waals surface area contributed by atoms with Gasteiger partial charge < -0.3 is 20.1 Å². The van der Waals surface area contributed by atoms with Crippen molar-refractivity contribution >= 4 is 5.96 Å². The molecule has 2 aromatic carbocycles. The molecule has 1 unspecified atom stereocenters. The van der Waals surface area contributed by atoms with Crippen LogP contribution in [-0.2, 0) is 11.2 Å². The van der Waals surface area contributed by atoms with Crippen molar-refractivity contribution in [2.24, 2.45) is 4.99 Å². The fraction of sp³-hybridized carbons (Fsp3) is 0.458. The van der Waals surface area contributed by atoms with Crippen molar-refractivity contribution < 1.29 is 13.9 Å². The molecule has 31 heavy (non-hydrogen) atoms. The summed E-state index contributed by atoms with van der Waals surface area (Å²) in [5.74, 6) is 1.43. The van der Waals surface area contributed by atoms with Crippen LogP contribution >= 0.6 is 0 Å². The van der Waals surface area contributed by atoms with Crippen molar-refractivity contribution in [1.82, 2.24) is 15.5 Å². The number of rotatable bonds is 9. The first kappa shape index (κ1) is 23.0. The van der Waals surface area contributed by atoms with Gasteiger partial charge in [-0.15, -0.1) is 0 Å². The molecule has 1 aliphatic rings. The maximum atomic E-state index is 13.4. The summed E-state index contributed by atoms with van der Waals surface area (Å²) in [4.78, 5) is 7.21. The van der Waals surface area contributed by atoms with Gasteiger partial charge in [0, 0.05) is 26.2 Å². The Labute approximate surface area is 184 Å². The molecule has 1 aliphatic heterocycles. The van der Waals surface area contributed by atoms with Gasteiger partial charge in [0.05, 0.1) is 32.9 Å². The van der Waals surface area contributed by atoms with Crippen molar-refractivity contribution in [3.63, 3.8) is 0 Å². The van der Waals surface area contributed by atoms with Gasteiger partial charge in [0.15, 0.2) is 5.96 Å². The number of halogens is 1. The molecule has 1 atom stereocenters. The van der Waals surface area contributed by atoms with Crippen molar-refractivity contribution in [3.8, 4) is 5.75 Å². The lowest BCUT2D eigenvalue weighted by molar-refractivity contribution is 0.0179. The average molecular weight is 429 g/mol. The summed E-state index contributed by atoms with van der Waals surface area (Å²) < 4.78 is 24.3. The zero-order valence-electron chi connectivity index (χ0n) is 18.4. The van der Waals surface area contributed by atoms with E-state index < -0.39 is 0 Å². The van der Waals surface area contributed by atoms with E-state index in [1.54, 1.807) is 7.11 Å². The Morgan fingerprint density at radius 1 is 1.16 bits per heavy atom. The van der Waals surface area contributed by atoms with Crippen LogP contribution in [0.5, 0.6) is 5.75 Å². The molecular formula is C24H33FN4O2. The first-order valence-electron chi connectivity index (χ1n) is 10.9. The molecule has 0 amide bonds. The predicted octanol–water partition coefficient (Wildman–Crippen LogP) is 3.01. The summed E-state index contributed by atoms with van der Waals surface area (Å²) in [6.45, 7) is 7.29. The quantitative estimate of drug-likeness (QED) is 0.475. The number of ether oxygens (including phenoxy) is 2.